The molecule has 0 saturated carbocycles. The van der Waals surface area contributed by atoms with Crippen LogP contribution in [0, 0.1) is 6.92 Å². The van der Waals surface area contributed by atoms with Crippen molar-refractivity contribution in [1.29, 1.82) is 0 Å². The number of nitrogen functional groups attached to an aromatic ring is 1. The number of rotatable bonds is 4. The minimum atomic E-state index is -4.63. The number of pyridine rings is 1. The lowest BCUT2D eigenvalue weighted by molar-refractivity contribution is -0.141. The summed E-state index contributed by atoms with van der Waals surface area (Å²) in [5.41, 5.74) is 12.5. The van der Waals surface area contributed by atoms with Crippen LogP contribution in [0.15, 0.2) is 30.3 Å². The van der Waals surface area contributed by atoms with Gasteiger partial charge in [-0.3, -0.25) is 4.90 Å². The van der Waals surface area contributed by atoms with Crippen molar-refractivity contribution >= 4 is 28.0 Å². The van der Waals surface area contributed by atoms with E-state index in [0.29, 0.717) is 17.9 Å². The zero-order chi connectivity index (χ0) is 24.2. The lowest BCUT2D eigenvalue weighted by Gasteiger charge is -2.51. The monoisotopic (exact) mass is 472 g/mol. The molecule has 6 rings (SSSR count). The number of aromatic nitrogens is 3. The van der Waals surface area contributed by atoms with E-state index in [0.717, 1.165) is 47.7 Å². The Hall–Kier alpha value is -3.18. The average Bonchev–Trinajstić information content (AvgIpc) is 2.80. The lowest BCUT2D eigenvalue weighted by atomic mass is 9.90. The maximum Gasteiger partial charge on any atom is 0.433 e. The molecule has 8 nitrogen and oxygen atoms in total. The topological polar surface area (TPSA) is 109 Å². The molecule has 3 aliphatic rings. The SMILES string of the molecule is Cc1nnc(N[C@H](N)c2cc(N)cc(C(F)(F)F)n2)c2cc(N3C[C@H]4CCC3CN4C)ccc12. The third kappa shape index (κ3) is 4.09. The second-order valence-corrected chi connectivity index (χ2v) is 9.17. The van der Waals surface area contributed by atoms with Crippen molar-refractivity contribution in [2.24, 2.45) is 5.73 Å². The Morgan fingerprint density at radius 3 is 2.50 bits per heavy atom. The molecule has 11 heteroatoms. The Kier molecular flexibility index (Phi) is 5.48. The number of hydrogen-bond donors (Lipinski definition) is 3. The minimum Gasteiger partial charge on any atom is -0.399 e. The molecule has 0 spiro atoms. The van der Waals surface area contributed by atoms with Crippen LogP contribution in [0.4, 0.5) is 30.4 Å². The van der Waals surface area contributed by atoms with Gasteiger partial charge in [0.2, 0.25) is 0 Å². The molecule has 5 heterocycles. The summed E-state index contributed by atoms with van der Waals surface area (Å²) >= 11 is 0. The van der Waals surface area contributed by atoms with Crippen molar-refractivity contribution in [2.45, 2.75) is 44.2 Å². The Labute approximate surface area is 195 Å². The van der Waals surface area contributed by atoms with E-state index >= 15 is 0 Å². The molecular formula is C23H27F3N8. The summed E-state index contributed by atoms with van der Waals surface area (Å²) in [6.07, 6.45) is -3.34. The van der Waals surface area contributed by atoms with Gasteiger partial charge in [-0.05, 0) is 51.1 Å². The number of anilines is 3. The van der Waals surface area contributed by atoms with Gasteiger partial charge < -0.3 is 21.7 Å². The smallest absolute Gasteiger partial charge is 0.399 e. The molecule has 2 aromatic heterocycles. The number of nitrogens with one attached hydrogen (secondary N) is 1. The first-order chi connectivity index (χ1) is 16.1. The summed E-state index contributed by atoms with van der Waals surface area (Å²) in [6.45, 7) is 3.85. The Bertz CT molecular complexity index is 1230. The zero-order valence-electron chi connectivity index (χ0n) is 19.0. The molecule has 1 aromatic carbocycles. The number of hydrogen-bond acceptors (Lipinski definition) is 8. The van der Waals surface area contributed by atoms with E-state index in [1.165, 1.54) is 12.5 Å². The fraction of sp³-hybridized carbons (Fsp3) is 0.435. The lowest BCUT2D eigenvalue weighted by Crippen LogP contribution is -2.61. The number of alkyl halides is 3. The zero-order valence-corrected chi connectivity index (χ0v) is 19.0. The van der Waals surface area contributed by atoms with Gasteiger partial charge in [0.05, 0.1) is 11.4 Å². The van der Waals surface area contributed by atoms with Crippen molar-refractivity contribution in [3.63, 3.8) is 0 Å². The summed E-state index contributed by atoms with van der Waals surface area (Å²) in [6, 6.07) is 9.24. The fourth-order valence-corrected chi connectivity index (χ4v) is 5.02. The maximum absolute atomic E-state index is 13.2. The number of likely N-dealkylation sites (N-methyl/N-ethyl adjacent to an activating group) is 1. The van der Waals surface area contributed by atoms with Crippen molar-refractivity contribution in [3.8, 4) is 0 Å². The van der Waals surface area contributed by atoms with Gasteiger partial charge in [0.1, 0.15) is 11.9 Å². The molecule has 3 fully saturated rings. The van der Waals surface area contributed by atoms with Crippen molar-refractivity contribution in [1.82, 2.24) is 20.1 Å². The quantitative estimate of drug-likeness (QED) is 0.497. The molecular weight excluding hydrogens is 445 g/mol. The maximum atomic E-state index is 13.2. The highest BCUT2D eigenvalue weighted by atomic mass is 19.4. The molecule has 2 bridgehead atoms. The third-order valence-electron chi connectivity index (χ3n) is 6.85. The van der Waals surface area contributed by atoms with Gasteiger partial charge in [0, 0.05) is 47.3 Å². The average molecular weight is 473 g/mol. The van der Waals surface area contributed by atoms with Crippen molar-refractivity contribution < 1.29 is 13.2 Å². The van der Waals surface area contributed by atoms with Crippen LogP contribution in [0.3, 0.4) is 0 Å². The van der Waals surface area contributed by atoms with Crippen LogP contribution in [0.5, 0.6) is 0 Å². The molecule has 0 radical (unpaired) electrons. The van der Waals surface area contributed by atoms with Gasteiger partial charge in [0.15, 0.2) is 5.82 Å². The number of nitrogens with two attached hydrogens (primary N) is 2. The molecule has 3 atom stereocenters. The first-order valence-corrected chi connectivity index (χ1v) is 11.2. The number of aryl methyl sites for hydroxylation is 1. The highest BCUT2D eigenvalue weighted by Crippen LogP contribution is 2.36. The predicted octanol–water partition coefficient (Wildman–Crippen LogP) is 3.29. The highest BCUT2D eigenvalue weighted by molar-refractivity contribution is 5.95. The van der Waals surface area contributed by atoms with Crippen LogP contribution < -0.4 is 21.7 Å². The second-order valence-electron chi connectivity index (χ2n) is 9.17. The summed E-state index contributed by atoms with van der Waals surface area (Å²) in [5, 5.41) is 13.2. The molecule has 1 unspecified atom stereocenters. The van der Waals surface area contributed by atoms with Crippen molar-refractivity contribution in [3.05, 3.63) is 47.4 Å². The first-order valence-electron chi connectivity index (χ1n) is 11.2. The number of piperidine rings is 2. The van der Waals surface area contributed by atoms with E-state index in [4.69, 9.17) is 11.5 Å². The standard InChI is InChI=1S/C23H27F3N8/c1-12-17-6-5-14(34-11-15-3-4-16(34)10-33(15)2)9-18(17)22(32-31-12)30-21(28)19-7-13(27)8-20(29-19)23(24,25)26/h5-9,15-16,21H,3-4,10-11,28H2,1-2H3,(H2,27,29)(H,30,32)/t15-,16?,21+/m1/s1. The highest BCUT2D eigenvalue weighted by Gasteiger charge is 2.37. The van der Waals surface area contributed by atoms with Gasteiger partial charge in [-0.25, -0.2) is 4.98 Å². The summed E-state index contributed by atoms with van der Waals surface area (Å²) < 4.78 is 39.6. The number of nitrogens with zero attached hydrogens (tertiary/aromatic N) is 5. The molecule has 3 aliphatic heterocycles. The van der Waals surface area contributed by atoms with Gasteiger partial charge in [-0.15, -0.1) is 5.10 Å². The predicted molar refractivity (Wildman–Crippen MR) is 125 cm³/mol. The molecule has 0 aliphatic carbocycles. The van der Waals surface area contributed by atoms with Crippen LogP contribution in [0.1, 0.15) is 36.1 Å². The number of piperazine rings is 1. The molecule has 3 aromatic rings. The normalized spacial score (nSPS) is 21.8. The Balaban J connectivity index is 1.49. The van der Waals surface area contributed by atoms with Gasteiger partial charge in [0.25, 0.3) is 0 Å². The van der Waals surface area contributed by atoms with E-state index in [1.807, 2.05) is 13.0 Å². The summed E-state index contributed by atoms with van der Waals surface area (Å²) in [7, 11) is 2.17. The number of benzene rings is 1. The Morgan fingerprint density at radius 2 is 1.82 bits per heavy atom. The van der Waals surface area contributed by atoms with Crippen molar-refractivity contribution in [2.75, 3.05) is 36.1 Å². The second kappa shape index (κ2) is 8.24. The van der Waals surface area contributed by atoms with E-state index in [-0.39, 0.29) is 11.4 Å². The molecule has 0 amide bonds. The molecule has 5 N–H and O–H groups in total. The largest absolute Gasteiger partial charge is 0.433 e. The van der Waals surface area contributed by atoms with E-state index in [9.17, 15) is 13.2 Å². The van der Waals surface area contributed by atoms with E-state index < -0.39 is 18.0 Å². The first kappa shape index (κ1) is 22.6. The van der Waals surface area contributed by atoms with Crippen LogP contribution >= 0.6 is 0 Å². The van der Waals surface area contributed by atoms with Gasteiger partial charge >= 0.3 is 6.18 Å². The van der Waals surface area contributed by atoms with Crippen LogP contribution in [-0.2, 0) is 6.18 Å². The number of fused-ring (bicyclic) bond motifs is 4. The van der Waals surface area contributed by atoms with Crippen LogP contribution in [0.2, 0.25) is 0 Å². The van der Waals surface area contributed by atoms with Crippen LogP contribution in [0.25, 0.3) is 10.8 Å². The Morgan fingerprint density at radius 1 is 1.06 bits per heavy atom. The molecule has 3 saturated heterocycles. The molecule has 180 valence electrons. The fourth-order valence-electron chi connectivity index (χ4n) is 5.02. The number of halogens is 3. The van der Waals surface area contributed by atoms with E-state index in [1.54, 1.807) is 0 Å². The van der Waals surface area contributed by atoms with Gasteiger partial charge in [-0.2, -0.15) is 18.3 Å². The van der Waals surface area contributed by atoms with E-state index in [2.05, 4.69) is 49.5 Å². The minimum absolute atomic E-state index is 0.0321. The third-order valence-corrected chi connectivity index (χ3v) is 6.85. The molecule has 34 heavy (non-hydrogen) atoms. The summed E-state index contributed by atoms with van der Waals surface area (Å²) in [5.74, 6) is 0.382. The van der Waals surface area contributed by atoms with Crippen LogP contribution in [-0.4, -0.2) is 52.3 Å². The summed E-state index contributed by atoms with van der Waals surface area (Å²) in [4.78, 5) is 8.52. The van der Waals surface area contributed by atoms with Gasteiger partial charge in [-0.1, -0.05) is 6.07 Å².